The molecule has 0 radical (unpaired) electrons. The van der Waals surface area contributed by atoms with Crippen molar-refractivity contribution in [1.82, 2.24) is 0 Å². The van der Waals surface area contributed by atoms with Crippen LogP contribution >= 0.6 is 0 Å². The molecule has 1 N–H and O–H groups in total. The Kier molecular flexibility index (Phi) is 4.26. The van der Waals surface area contributed by atoms with Crippen molar-refractivity contribution in [3.63, 3.8) is 0 Å². The smallest absolute Gasteiger partial charge is 0.303 e. The Hall–Kier alpha value is -0.530. The normalized spacial score (nSPS) is 27.8. The fourth-order valence-corrected chi connectivity index (χ4v) is 2.30. The van der Waals surface area contributed by atoms with Crippen molar-refractivity contribution in [1.29, 1.82) is 0 Å². The largest absolute Gasteiger partial charge is 0.481 e. The van der Waals surface area contributed by atoms with Gasteiger partial charge in [0.2, 0.25) is 0 Å². The topological polar surface area (TPSA) is 37.3 Å². The molecule has 0 spiro atoms. The maximum Gasteiger partial charge on any atom is 0.303 e. The second-order valence-electron chi connectivity index (χ2n) is 4.42. The Balaban J connectivity index is 1.97. The molecule has 13 heavy (non-hydrogen) atoms. The maximum absolute atomic E-state index is 10.2. The van der Waals surface area contributed by atoms with E-state index in [9.17, 15) is 4.79 Å². The molecule has 2 atom stereocenters. The third kappa shape index (κ3) is 4.30. The van der Waals surface area contributed by atoms with Crippen LogP contribution in [0.5, 0.6) is 0 Å². The molecule has 1 rings (SSSR count). The SMILES string of the molecule is CC1CCC(CCCCC(=O)O)C1. The Morgan fingerprint density at radius 1 is 1.38 bits per heavy atom. The molecule has 1 aliphatic rings. The zero-order valence-electron chi connectivity index (χ0n) is 8.46. The van der Waals surface area contributed by atoms with Crippen LogP contribution in [0.1, 0.15) is 51.9 Å². The van der Waals surface area contributed by atoms with Gasteiger partial charge in [-0.1, -0.05) is 32.6 Å². The van der Waals surface area contributed by atoms with Gasteiger partial charge in [-0.3, -0.25) is 4.79 Å². The summed E-state index contributed by atoms with van der Waals surface area (Å²) in [5, 5.41) is 8.45. The van der Waals surface area contributed by atoms with Crippen molar-refractivity contribution in [2.75, 3.05) is 0 Å². The van der Waals surface area contributed by atoms with Crippen LogP contribution in [-0.2, 0) is 4.79 Å². The highest BCUT2D eigenvalue weighted by atomic mass is 16.4. The summed E-state index contributed by atoms with van der Waals surface area (Å²) in [5.74, 6) is 1.15. The van der Waals surface area contributed by atoms with E-state index in [2.05, 4.69) is 6.92 Å². The first-order valence-corrected chi connectivity index (χ1v) is 5.40. The summed E-state index contributed by atoms with van der Waals surface area (Å²) in [5.41, 5.74) is 0. The van der Waals surface area contributed by atoms with Gasteiger partial charge in [0.25, 0.3) is 0 Å². The Morgan fingerprint density at radius 3 is 2.69 bits per heavy atom. The lowest BCUT2D eigenvalue weighted by Crippen LogP contribution is -1.97. The van der Waals surface area contributed by atoms with Gasteiger partial charge in [0, 0.05) is 6.42 Å². The molecule has 0 amide bonds. The summed E-state index contributed by atoms with van der Waals surface area (Å²) in [4.78, 5) is 10.2. The second-order valence-corrected chi connectivity index (χ2v) is 4.42. The summed E-state index contributed by atoms with van der Waals surface area (Å²) >= 11 is 0. The highest BCUT2D eigenvalue weighted by Crippen LogP contribution is 2.33. The number of hydrogen-bond acceptors (Lipinski definition) is 1. The van der Waals surface area contributed by atoms with E-state index in [0.717, 1.165) is 24.7 Å². The average Bonchev–Trinajstić information content (AvgIpc) is 2.45. The van der Waals surface area contributed by atoms with E-state index in [-0.39, 0.29) is 0 Å². The van der Waals surface area contributed by atoms with Crippen molar-refractivity contribution in [2.45, 2.75) is 51.9 Å². The second kappa shape index (κ2) is 5.25. The van der Waals surface area contributed by atoms with Crippen LogP contribution in [0.25, 0.3) is 0 Å². The zero-order valence-corrected chi connectivity index (χ0v) is 8.46. The van der Waals surface area contributed by atoms with Crippen LogP contribution in [0.3, 0.4) is 0 Å². The minimum absolute atomic E-state index is 0.349. The Labute approximate surface area is 80.3 Å². The van der Waals surface area contributed by atoms with Crippen LogP contribution in [0.15, 0.2) is 0 Å². The number of carboxylic acid groups (broad SMARTS) is 1. The molecule has 2 unspecified atom stereocenters. The van der Waals surface area contributed by atoms with Crippen LogP contribution < -0.4 is 0 Å². The fraction of sp³-hybridized carbons (Fsp3) is 0.909. The highest BCUT2D eigenvalue weighted by Gasteiger charge is 2.20. The Bertz CT molecular complexity index is 165. The van der Waals surface area contributed by atoms with Crippen molar-refractivity contribution in [3.8, 4) is 0 Å². The molecule has 0 aliphatic heterocycles. The van der Waals surface area contributed by atoms with Crippen LogP contribution in [-0.4, -0.2) is 11.1 Å². The highest BCUT2D eigenvalue weighted by molar-refractivity contribution is 5.66. The summed E-state index contributed by atoms with van der Waals surface area (Å²) in [6.07, 6.45) is 7.68. The van der Waals surface area contributed by atoms with Gasteiger partial charge in [0.1, 0.15) is 0 Å². The van der Waals surface area contributed by atoms with Gasteiger partial charge in [-0.2, -0.15) is 0 Å². The molecular weight excluding hydrogens is 164 g/mol. The lowest BCUT2D eigenvalue weighted by Gasteiger charge is -2.07. The average molecular weight is 184 g/mol. The third-order valence-electron chi connectivity index (χ3n) is 3.06. The number of rotatable bonds is 5. The van der Waals surface area contributed by atoms with E-state index in [1.165, 1.54) is 25.7 Å². The maximum atomic E-state index is 10.2. The molecule has 0 aromatic heterocycles. The van der Waals surface area contributed by atoms with Crippen molar-refractivity contribution in [2.24, 2.45) is 11.8 Å². The molecule has 0 saturated heterocycles. The van der Waals surface area contributed by atoms with Crippen molar-refractivity contribution < 1.29 is 9.90 Å². The first kappa shape index (κ1) is 10.6. The number of unbranched alkanes of at least 4 members (excludes halogenated alkanes) is 1. The third-order valence-corrected chi connectivity index (χ3v) is 3.06. The number of carboxylic acids is 1. The minimum Gasteiger partial charge on any atom is -0.481 e. The molecule has 0 bridgehead atoms. The van der Waals surface area contributed by atoms with Gasteiger partial charge in [-0.15, -0.1) is 0 Å². The molecular formula is C11H20O2. The lowest BCUT2D eigenvalue weighted by atomic mass is 9.99. The minimum atomic E-state index is -0.653. The predicted octanol–water partition coefficient (Wildman–Crippen LogP) is 3.07. The first-order chi connectivity index (χ1) is 6.18. The molecule has 1 aliphatic carbocycles. The predicted molar refractivity (Wildman–Crippen MR) is 52.6 cm³/mol. The van der Waals surface area contributed by atoms with E-state index in [4.69, 9.17) is 5.11 Å². The van der Waals surface area contributed by atoms with E-state index in [0.29, 0.717) is 6.42 Å². The van der Waals surface area contributed by atoms with Gasteiger partial charge in [-0.25, -0.2) is 0 Å². The summed E-state index contributed by atoms with van der Waals surface area (Å²) in [6, 6.07) is 0. The lowest BCUT2D eigenvalue weighted by molar-refractivity contribution is -0.137. The van der Waals surface area contributed by atoms with E-state index in [1.807, 2.05) is 0 Å². The number of aliphatic carboxylic acids is 1. The summed E-state index contributed by atoms with van der Waals surface area (Å²) in [7, 11) is 0. The molecule has 76 valence electrons. The first-order valence-electron chi connectivity index (χ1n) is 5.40. The van der Waals surface area contributed by atoms with Gasteiger partial charge < -0.3 is 5.11 Å². The standard InChI is InChI=1S/C11H20O2/c1-9-6-7-10(8-9)4-2-3-5-11(12)13/h9-10H,2-8H2,1H3,(H,12,13). The summed E-state index contributed by atoms with van der Waals surface area (Å²) < 4.78 is 0. The summed E-state index contributed by atoms with van der Waals surface area (Å²) in [6.45, 7) is 2.32. The molecule has 0 aromatic rings. The molecule has 1 fully saturated rings. The van der Waals surface area contributed by atoms with Crippen LogP contribution in [0, 0.1) is 11.8 Å². The van der Waals surface area contributed by atoms with Gasteiger partial charge in [-0.05, 0) is 24.7 Å². The number of carbonyl (C=O) groups is 1. The Morgan fingerprint density at radius 2 is 2.15 bits per heavy atom. The molecule has 1 saturated carbocycles. The van der Waals surface area contributed by atoms with Gasteiger partial charge >= 0.3 is 5.97 Å². The van der Waals surface area contributed by atoms with Crippen LogP contribution in [0.4, 0.5) is 0 Å². The molecule has 0 heterocycles. The van der Waals surface area contributed by atoms with Gasteiger partial charge in [0.05, 0.1) is 0 Å². The zero-order chi connectivity index (χ0) is 9.68. The van der Waals surface area contributed by atoms with Crippen molar-refractivity contribution >= 4 is 5.97 Å². The van der Waals surface area contributed by atoms with E-state index in [1.54, 1.807) is 0 Å². The van der Waals surface area contributed by atoms with E-state index < -0.39 is 5.97 Å². The quantitative estimate of drug-likeness (QED) is 0.667. The number of hydrogen-bond donors (Lipinski definition) is 1. The van der Waals surface area contributed by atoms with E-state index >= 15 is 0 Å². The van der Waals surface area contributed by atoms with Crippen LogP contribution in [0.2, 0.25) is 0 Å². The molecule has 0 aromatic carbocycles. The molecule has 2 nitrogen and oxygen atoms in total. The molecule has 2 heteroatoms. The van der Waals surface area contributed by atoms with Crippen molar-refractivity contribution in [3.05, 3.63) is 0 Å². The van der Waals surface area contributed by atoms with Gasteiger partial charge in [0.15, 0.2) is 0 Å². The fourth-order valence-electron chi connectivity index (χ4n) is 2.30. The monoisotopic (exact) mass is 184 g/mol.